The van der Waals surface area contributed by atoms with Crippen LogP contribution in [-0.4, -0.2) is 87.7 Å². The first-order valence-electron chi connectivity index (χ1n) is 23.0. The lowest BCUT2D eigenvalue weighted by Crippen LogP contribution is -2.46. The molecular weight excluding hydrogens is 825 g/mol. The molecule has 2 saturated heterocycles. The quantitative estimate of drug-likeness (QED) is 0.136. The molecule has 0 saturated carbocycles. The fourth-order valence-electron chi connectivity index (χ4n) is 7.60. The molecule has 2 fully saturated rings. The summed E-state index contributed by atoms with van der Waals surface area (Å²) in [5.74, 6) is -1.07. The Kier molecular flexibility index (Phi) is 17.2. The maximum Gasteiger partial charge on any atom is 0.315 e. The molecule has 2 aromatic carbocycles. The smallest absolute Gasteiger partial charge is 0.315 e. The summed E-state index contributed by atoms with van der Waals surface area (Å²) >= 11 is 0. The van der Waals surface area contributed by atoms with Crippen molar-refractivity contribution in [2.75, 3.05) is 26.3 Å². The molecule has 10 nitrogen and oxygen atoms in total. The summed E-state index contributed by atoms with van der Waals surface area (Å²) in [5, 5.41) is 0.169. The van der Waals surface area contributed by atoms with Crippen molar-refractivity contribution in [3.05, 3.63) is 71.8 Å². The summed E-state index contributed by atoms with van der Waals surface area (Å²) in [4.78, 5) is 57.1. The van der Waals surface area contributed by atoms with Gasteiger partial charge in [-0.3, -0.25) is 19.2 Å². The van der Waals surface area contributed by atoms with E-state index in [1.54, 1.807) is 0 Å². The number of likely N-dealkylation sites (tertiary alicyclic amines) is 2. The van der Waals surface area contributed by atoms with Crippen LogP contribution in [0.1, 0.15) is 146 Å². The van der Waals surface area contributed by atoms with Crippen molar-refractivity contribution >= 4 is 40.4 Å². The van der Waals surface area contributed by atoms with Crippen molar-refractivity contribution in [1.82, 2.24) is 9.80 Å². The number of nitrogens with zero attached hydrogens (tertiary/aromatic N) is 2. The summed E-state index contributed by atoms with van der Waals surface area (Å²) in [7, 11) is -3.92. The maximum absolute atomic E-state index is 13.6. The Morgan fingerprint density at radius 3 is 1.44 bits per heavy atom. The largest absolute Gasteiger partial charge is 0.459 e. The molecule has 0 aromatic heterocycles. The molecule has 4 rings (SSSR count). The fourth-order valence-corrected chi connectivity index (χ4v) is 9.69. The number of hydrogen-bond donors (Lipinski definition) is 0. The molecule has 2 aliphatic heterocycles. The van der Waals surface area contributed by atoms with Crippen LogP contribution in [0.2, 0.25) is 36.3 Å². The second kappa shape index (κ2) is 20.0. The molecule has 5 atom stereocenters. The molecule has 354 valence electrons. The summed E-state index contributed by atoms with van der Waals surface area (Å²) < 4.78 is 24.5. The molecule has 2 heterocycles. The van der Waals surface area contributed by atoms with Crippen molar-refractivity contribution in [2.24, 2.45) is 16.7 Å². The van der Waals surface area contributed by atoms with Crippen LogP contribution in [0.15, 0.2) is 60.7 Å². The Labute approximate surface area is 383 Å². The van der Waals surface area contributed by atoms with Crippen LogP contribution < -0.4 is 0 Å². The zero-order chi connectivity index (χ0) is 48.2. The first-order chi connectivity index (χ1) is 28.6. The van der Waals surface area contributed by atoms with E-state index in [9.17, 15) is 19.2 Å². The second-order valence-corrected chi connectivity index (χ2v) is 32.8. The van der Waals surface area contributed by atoms with Gasteiger partial charge in [0.1, 0.15) is 11.2 Å². The van der Waals surface area contributed by atoms with Gasteiger partial charge in [0, 0.05) is 32.7 Å². The molecule has 0 spiro atoms. The molecule has 1 unspecified atom stereocenters. The number of rotatable bonds is 14. The van der Waals surface area contributed by atoms with Gasteiger partial charge in [-0.2, -0.15) is 0 Å². The summed E-state index contributed by atoms with van der Waals surface area (Å²) in [6, 6.07) is 19.7. The summed E-state index contributed by atoms with van der Waals surface area (Å²) in [5.41, 5.74) is -0.901. The van der Waals surface area contributed by atoms with E-state index in [0.717, 1.165) is 11.1 Å². The third-order valence-electron chi connectivity index (χ3n) is 14.0. The van der Waals surface area contributed by atoms with Crippen molar-refractivity contribution in [1.29, 1.82) is 0 Å². The predicted octanol–water partition coefficient (Wildman–Crippen LogP) is 11.7. The van der Waals surface area contributed by atoms with Gasteiger partial charge >= 0.3 is 11.9 Å². The van der Waals surface area contributed by atoms with Crippen molar-refractivity contribution in [2.45, 2.75) is 183 Å². The van der Waals surface area contributed by atoms with Gasteiger partial charge in [0.25, 0.3) is 0 Å². The zero-order valence-corrected chi connectivity index (χ0v) is 44.6. The minimum atomic E-state index is -1.97. The van der Waals surface area contributed by atoms with Gasteiger partial charge in [-0.1, -0.05) is 109 Å². The number of ether oxygens (including phenoxy) is 2. The second-order valence-electron chi connectivity index (χ2n) is 23.2. The van der Waals surface area contributed by atoms with E-state index in [1.165, 1.54) is 0 Å². The highest BCUT2D eigenvalue weighted by atomic mass is 28.4. The van der Waals surface area contributed by atoms with Gasteiger partial charge in [0.05, 0.1) is 28.8 Å². The third-order valence-corrected chi connectivity index (χ3v) is 23.1. The molecule has 2 amide bonds. The van der Waals surface area contributed by atoms with Crippen LogP contribution in [0.5, 0.6) is 0 Å². The molecule has 0 bridgehead atoms. The fraction of sp³-hybridized carbons (Fsp3) is 0.686. The van der Waals surface area contributed by atoms with Gasteiger partial charge in [-0.05, 0) is 116 Å². The van der Waals surface area contributed by atoms with Crippen molar-refractivity contribution in [3.63, 3.8) is 0 Å². The molecule has 63 heavy (non-hydrogen) atoms. The zero-order valence-electron chi connectivity index (χ0n) is 42.6. The minimum Gasteiger partial charge on any atom is -0.459 e. The number of benzene rings is 2. The monoisotopic (exact) mass is 909 g/mol. The normalized spacial score (nSPS) is 22.4. The van der Waals surface area contributed by atoms with Crippen LogP contribution in [0.3, 0.4) is 0 Å². The van der Waals surface area contributed by atoms with Gasteiger partial charge < -0.3 is 28.1 Å². The maximum atomic E-state index is 13.6. The van der Waals surface area contributed by atoms with E-state index in [0.29, 0.717) is 39.1 Å². The SMILES string of the molecule is CC1C(=O)N([C@H](C)c2ccccc2)C[C@@]1(CCO[Si](C)(C)C(C)(C)C)C(=O)OC(C)(C)C.C[C@H](c1ccccc1)N1C[C@@](CCO[Si](C)(C)C(C)(C)C)(C(=O)OC(C)(C)C)CC1=O. The van der Waals surface area contributed by atoms with Gasteiger partial charge in [0.2, 0.25) is 11.8 Å². The minimum absolute atomic E-state index is 0.000427. The van der Waals surface area contributed by atoms with E-state index in [2.05, 4.69) is 67.7 Å². The Balaban J connectivity index is 0.000000335. The number of esters is 2. The van der Waals surface area contributed by atoms with E-state index >= 15 is 0 Å². The first-order valence-corrected chi connectivity index (χ1v) is 28.9. The Morgan fingerprint density at radius 2 is 1.03 bits per heavy atom. The Hall–Kier alpha value is -3.33. The molecule has 2 aromatic rings. The molecular formula is C51H84N2O8Si2. The van der Waals surface area contributed by atoms with Crippen LogP contribution in [0, 0.1) is 16.7 Å². The number of carbonyl (C=O) groups excluding carboxylic acids is 4. The van der Waals surface area contributed by atoms with Gasteiger partial charge in [-0.25, -0.2) is 0 Å². The number of carbonyl (C=O) groups is 4. The lowest BCUT2D eigenvalue weighted by Gasteiger charge is -2.38. The molecule has 0 aliphatic carbocycles. The third kappa shape index (κ3) is 13.6. The van der Waals surface area contributed by atoms with Crippen LogP contribution >= 0.6 is 0 Å². The number of hydrogen-bond acceptors (Lipinski definition) is 8. The van der Waals surface area contributed by atoms with Crippen LogP contribution in [0.25, 0.3) is 0 Å². The lowest BCUT2D eigenvalue weighted by atomic mass is 9.76. The van der Waals surface area contributed by atoms with E-state index in [-0.39, 0.29) is 52.3 Å². The van der Waals surface area contributed by atoms with Crippen LogP contribution in [0.4, 0.5) is 0 Å². The predicted molar refractivity (Wildman–Crippen MR) is 259 cm³/mol. The Morgan fingerprint density at radius 1 is 0.635 bits per heavy atom. The average Bonchev–Trinajstić information content (AvgIpc) is 3.63. The topological polar surface area (TPSA) is 112 Å². The first kappa shape index (κ1) is 54.0. The highest BCUT2D eigenvalue weighted by Crippen LogP contribution is 2.47. The number of amides is 2. The molecule has 0 radical (unpaired) electrons. The lowest BCUT2D eigenvalue weighted by molar-refractivity contribution is -0.171. The van der Waals surface area contributed by atoms with E-state index < -0.39 is 44.6 Å². The summed E-state index contributed by atoms with van der Waals surface area (Å²) in [6.45, 7) is 40.8. The molecule has 2 aliphatic rings. The average molecular weight is 909 g/mol. The highest BCUT2D eigenvalue weighted by Gasteiger charge is 2.58. The van der Waals surface area contributed by atoms with Gasteiger partial charge in [-0.15, -0.1) is 0 Å². The van der Waals surface area contributed by atoms with Crippen molar-refractivity contribution < 1.29 is 37.5 Å². The molecule has 12 heteroatoms. The van der Waals surface area contributed by atoms with E-state index in [4.69, 9.17) is 18.3 Å². The summed E-state index contributed by atoms with van der Waals surface area (Å²) in [6.07, 6.45) is 1.12. The van der Waals surface area contributed by atoms with E-state index in [1.807, 2.05) is 133 Å². The van der Waals surface area contributed by atoms with Gasteiger partial charge in [0.15, 0.2) is 16.6 Å². The van der Waals surface area contributed by atoms with Crippen LogP contribution in [-0.2, 0) is 37.5 Å². The highest BCUT2D eigenvalue weighted by molar-refractivity contribution is 6.74. The molecule has 0 N–H and O–H groups in total. The Bertz CT molecular complexity index is 1860. The van der Waals surface area contributed by atoms with Crippen molar-refractivity contribution in [3.8, 4) is 0 Å². The standard InChI is InChI=1S/C26H43NO4Si.C25H41NO4Si/c1-19-22(28)27(20(2)21-14-12-11-13-15-21)18-26(19,23(29)31-24(3,4)5)16-17-30-32(9,10)25(6,7)8;1-19(20-13-11-10-12-14-20)26-18-25(17-21(26)27,22(28)30-23(2,3)4)15-16-29-31(8,9)24(5,6)7/h11-15,19-20H,16-18H2,1-10H3;10-14,19H,15-18H2,1-9H3/t19?,20-,26-;19-,25+/m11/s1.